The van der Waals surface area contributed by atoms with Crippen molar-refractivity contribution in [2.24, 2.45) is 5.73 Å². The molecule has 0 aliphatic heterocycles. The lowest BCUT2D eigenvalue weighted by atomic mass is 10.0. The third-order valence-corrected chi connectivity index (χ3v) is 2.83. The van der Waals surface area contributed by atoms with Crippen LogP contribution in [0.5, 0.6) is 0 Å². The van der Waals surface area contributed by atoms with E-state index in [1.165, 1.54) is 12.1 Å². The molecule has 0 radical (unpaired) electrons. The van der Waals surface area contributed by atoms with E-state index < -0.39 is 23.8 Å². The van der Waals surface area contributed by atoms with Crippen molar-refractivity contribution in [3.63, 3.8) is 0 Å². The molecule has 0 aliphatic rings. The minimum absolute atomic E-state index is 0.220. The molecule has 1 aromatic carbocycles. The second-order valence-electron chi connectivity index (χ2n) is 4.72. The molecule has 0 saturated carbocycles. The number of nitrogens with zero attached hydrogens (tertiary/aromatic N) is 1. The van der Waals surface area contributed by atoms with Gasteiger partial charge in [0.15, 0.2) is 0 Å². The Hall–Kier alpha value is -1.30. The molecule has 5 heteroatoms. The normalized spacial score (nSPS) is 14.4. The molecule has 2 atom stereocenters. The molecule has 0 fully saturated rings. The molecular formula is C14H20F2N2O. The van der Waals surface area contributed by atoms with Crippen LogP contribution < -0.4 is 5.73 Å². The van der Waals surface area contributed by atoms with Crippen LogP contribution in [0.1, 0.15) is 5.56 Å². The van der Waals surface area contributed by atoms with Gasteiger partial charge in [0.05, 0.1) is 6.10 Å². The summed E-state index contributed by atoms with van der Waals surface area (Å²) in [6.07, 6.45) is 1.18. The molecule has 0 aromatic heterocycles. The smallest absolute Gasteiger partial charge is 0.126 e. The van der Waals surface area contributed by atoms with Gasteiger partial charge in [-0.25, -0.2) is 8.78 Å². The molecule has 0 saturated heterocycles. The van der Waals surface area contributed by atoms with Crippen LogP contribution >= 0.6 is 0 Å². The highest BCUT2D eigenvalue weighted by Gasteiger charge is 2.17. The van der Waals surface area contributed by atoms with E-state index in [0.717, 1.165) is 6.07 Å². The maximum atomic E-state index is 13.0. The fourth-order valence-corrected chi connectivity index (χ4v) is 1.89. The average molecular weight is 270 g/mol. The molecule has 0 spiro atoms. The zero-order chi connectivity index (χ0) is 14.4. The minimum Gasteiger partial charge on any atom is -0.390 e. The summed E-state index contributed by atoms with van der Waals surface area (Å²) in [5.74, 6) is -1.28. The van der Waals surface area contributed by atoms with Crippen LogP contribution in [-0.2, 0) is 6.42 Å². The van der Waals surface area contributed by atoms with Gasteiger partial charge in [0.1, 0.15) is 11.6 Å². The van der Waals surface area contributed by atoms with Gasteiger partial charge in [-0.3, -0.25) is 0 Å². The zero-order valence-corrected chi connectivity index (χ0v) is 11.0. The molecule has 1 rings (SSSR count). The van der Waals surface area contributed by atoms with Crippen molar-refractivity contribution < 1.29 is 13.9 Å². The van der Waals surface area contributed by atoms with E-state index in [0.29, 0.717) is 18.7 Å². The number of likely N-dealkylation sites (N-methyl/N-ethyl adjacent to an activating group) is 1. The average Bonchev–Trinajstić information content (AvgIpc) is 2.27. The number of aliphatic hydroxyl groups is 1. The Morgan fingerprint density at radius 2 is 1.95 bits per heavy atom. The van der Waals surface area contributed by atoms with Gasteiger partial charge in [-0.2, -0.15) is 0 Å². The quantitative estimate of drug-likeness (QED) is 0.735. The van der Waals surface area contributed by atoms with E-state index in [1.807, 2.05) is 11.9 Å². The maximum absolute atomic E-state index is 13.0. The van der Waals surface area contributed by atoms with Gasteiger partial charge in [-0.1, -0.05) is 6.08 Å². The van der Waals surface area contributed by atoms with E-state index in [9.17, 15) is 13.9 Å². The van der Waals surface area contributed by atoms with Crippen molar-refractivity contribution in [2.75, 3.05) is 20.1 Å². The molecule has 1 aromatic rings. The van der Waals surface area contributed by atoms with Gasteiger partial charge in [0.25, 0.3) is 0 Å². The first kappa shape index (κ1) is 15.8. The topological polar surface area (TPSA) is 49.5 Å². The number of halogens is 2. The van der Waals surface area contributed by atoms with Crippen molar-refractivity contribution in [1.82, 2.24) is 4.90 Å². The number of benzene rings is 1. The van der Waals surface area contributed by atoms with Gasteiger partial charge >= 0.3 is 0 Å². The van der Waals surface area contributed by atoms with Crippen molar-refractivity contribution in [3.05, 3.63) is 48.1 Å². The second kappa shape index (κ2) is 7.33. The SMILES string of the molecule is C=CCN(C)CC(O)C(N)Cc1cc(F)cc(F)c1. The minimum atomic E-state index is -0.767. The van der Waals surface area contributed by atoms with Crippen LogP contribution in [0.3, 0.4) is 0 Å². The maximum Gasteiger partial charge on any atom is 0.126 e. The summed E-state index contributed by atoms with van der Waals surface area (Å²) in [5, 5.41) is 9.93. The largest absolute Gasteiger partial charge is 0.390 e. The fourth-order valence-electron chi connectivity index (χ4n) is 1.89. The van der Waals surface area contributed by atoms with Crippen LogP contribution in [0, 0.1) is 11.6 Å². The van der Waals surface area contributed by atoms with Gasteiger partial charge in [-0.05, 0) is 31.2 Å². The predicted molar refractivity (Wildman–Crippen MR) is 71.7 cm³/mol. The van der Waals surface area contributed by atoms with Gasteiger partial charge in [0, 0.05) is 25.2 Å². The summed E-state index contributed by atoms with van der Waals surface area (Å²) in [6, 6.07) is 2.68. The third kappa shape index (κ3) is 5.46. The Kier molecular flexibility index (Phi) is 6.08. The van der Waals surface area contributed by atoms with Crippen LogP contribution in [0.15, 0.2) is 30.9 Å². The molecule has 19 heavy (non-hydrogen) atoms. The highest BCUT2D eigenvalue weighted by Crippen LogP contribution is 2.11. The van der Waals surface area contributed by atoms with Gasteiger partial charge in [0.2, 0.25) is 0 Å². The van der Waals surface area contributed by atoms with E-state index in [2.05, 4.69) is 6.58 Å². The molecule has 3 N–H and O–H groups in total. The molecule has 0 amide bonds. The molecule has 3 nitrogen and oxygen atoms in total. The molecule has 0 heterocycles. The first-order valence-corrected chi connectivity index (χ1v) is 6.10. The van der Waals surface area contributed by atoms with Crippen molar-refractivity contribution in [3.8, 4) is 0 Å². The summed E-state index contributed by atoms with van der Waals surface area (Å²) < 4.78 is 26.1. The zero-order valence-electron chi connectivity index (χ0n) is 11.0. The number of aliphatic hydroxyl groups excluding tert-OH is 1. The van der Waals surface area contributed by atoms with Crippen LogP contribution in [0.4, 0.5) is 8.78 Å². The standard InChI is InChI=1S/C14H20F2N2O/c1-3-4-18(2)9-14(19)13(17)7-10-5-11(15)8-12(16)6-10/h3,5-6,8,13-14,19H,1,4,7,9,17H2,2H3. The number of rotatable bonds is 7. The van der Waals surface area contributed by atoms with E-state index in [1.54, 1.807) is 6.08 Å². The lowest BCUT2D eigenvalue weighted by molar-refractivity contribution is 0.106. The fraction of sp³-hybridized carbons (Fsp3) is 0.429. The van der Waals surface area contributed by atoms with Crippen LogP contribution in [-0.4, -0.2) is 42.3 Å². The monoisotopic (exact) mass is 270 g/mol. The van der Waals surface area contributed by atoms with Crippen molar-refractivity contribution in [2.45, 2.75) is 18.6 Å². The highest BCUT2D eigenvalue weighted by molar-refractivity contribution is 5.19. The highest BCUT2D eigenvalue weighted by atomic mass is 19.1. The Bertz CT molecular complexity index is 406. The molecule has 0 bridgehead atoms. The first-order valence-electron chi connectivity index (χ1n) is 6.10. The molecule has 0 aliphatic carbocycles. The van der Waals surface area contributed by atoms with E-state index >= 15 is 0 Å². The van der Waals surface area contributed by atoms with E-state index in [4.69, 9.17) is 5.73 Å². The molecule has 106 valence electrons. The summed E-state index contributed by atoms with van der Waals surface area (Å²) in [4.78, 5) is 1.86. The summed E-state index contributed by atoms with van der Waals surface area (Å²) in [5.41, 5.74) is 6.29. The predicted octanol–water partition coefficient (Wildman–Crippen LogP) is 1.31. The van der Waals surface area contributed by atoms with Gasteiger partial charge < -0.3 is 15.7 Å². The number of hydrogen-bond acceptors (Lipinski definition) is 3. The lowest BCUT2D eigenvalue weighted by Gasteiger charge is -2.24. The third-order valence-electron chi connectivity index (χ3n) is 2.83. The van der Waals surface area contributed by atoms with E-state index in [-0.39, 0.29) is 6.42 Å². The van der Waals surface area contributed by atoms with Crippen molar-refractivity contribution in [1.29, 1.82) is 0 Å². The first-order chi connectivity index (χ1) is 8.92. The number of nitrogens with two attached hydrogens (primary N) is 1. The molecule has 2 unspecified atom stereocenters. The Morgan fingerprint density at radius 3 is 2.47 bits per heavy atom. The van der Waals surface area contributed by atoms with Crippen molar-refractivity contribution >= 4 is 0 Å². The Balaban J connectivity index is 2.57. The summed E-state index contributed by atoms with van der Waals surface area (Å²) in [7, 11) is 1.83. The van der Waals surface area contributed by atoms with Gasteiger partial charge in [-0.15, -0.1) is 6.58 Å². The number of hydrogen-bond donors (Lipinski definition) is 2. The van der Waals surface area contributed by atoms with Crippen LogP contribution in [0.25, 0.3) is 0 Å². The summed E-state index contributed by atoms with van der Waals surface area (Å²) >= 11 is 0. The lowest BCUT2D eigenvalue weighted by Crippen LogP contribution is -2.43. The summed E-state index contributed by atoms with van der Waals surface area (Å²) in [6.45, 7) is 4.62. The second-order valence-corrected chi connectivity index (χ2v) is 4.72. The van der Waals surface area contributed by atoms with Crippen LogP contribution in [0.2, 0.25) is 0 Å². The Labute approximate surface area is 112 Å². The molecular weight excluding hydrogens is 250 g/mol. The Morgan fingerprint density at radius 1 is 1.37 bits per heavy atom.